The maximum Gasteiger partial charge on any atom is 0.0983 e. The summed E-state index contributed by atoms with van der Waals surface area (Å²) in [6.07, 6.45) is 0.812. The Morgan fingerprint density at radius 3 is 3.14 bits per heavy atom. The van der Waals surface area contributed by atoms with Crippen molar-refractivity contribution in [1.29, 1.82) is 0 Å². The fraction of sp³-hybridized carbons (Fsp3) is 0.444. The van der Waals surface area contributed by atoms with E-state index in [1.54, 1.807) is 11.3 Å². The van der Waals surface area contributed by atoms with E-state index in [0.717, 1.165) is 29.8 Å². The molecule has 3 nitrogen and oxygen atoms in total. The number of aliphatic imine (C=N–C) groups is 1. The first-order valence-electron chi connectivity index (χ1n) is 4.52. The number of nitrogens with two attached hydrogens (primary N) is 1. The largest absolute Gasteiger partial charge is 0.372 e. The monoisotopic (exact) mass is 273 g/mol. The minimum Gasteiger partial charge on any atom is -0.372 e. The lowest BCUT2D eigenvalue weighted by Crippen LogP contribution is -2.23. The maximum absolute atomic E-state index is 6.06. The summed E-state index contributed by atoms with van der Waals surface area (Å²) >= 11 is 5.11. The van der Waals surface area contributed by atoms with Crippen LogP contribution in [0.25, 0.3) is 0 Å². The van der Waals surface area contributed by atoms with E-state index >= 15 is 0 Å². The van der Waals surface area contributed by atoms with Crippen LogP contribution in [0.5, 0.6) is 0 Å². The van der Waals surface area contributed by atoms with Gasteiger partial charge in [0.05, 0.1) is 12.4 Å². The number of hydrogen-bond donors (Lipinski definition) is 2. The summed E-state index contributed by atoms with van der Waals surface area (Å²) in [5, 5.41) is 5.28. The molecule has 2 heterocycles. The Morgan fingerprint density at radius 2 is 2.57 bits per heavy atom. The zero-order valence-corrected chi connectivity index (χ0v) is 10.1. The molecule has 5 heteroatoms. The Labute approximate surface area is 95.5 Å². The minimum absolute atomic E-state index is 0.0654. The van der Waals surface area contributed by atoms with Gasteiger partial charge in [-0.15, -0.1) is 11.3 Å². The second kappa shape index (κ2) is 4.42. The molecule has 2 rings (SSSR count). The number of hydrogen-bond acceptors (Lipinski definition) is 4. The zero-order valence-electron chi connectivity index (χ0n) is 7.66. The summed E-state index contributed by atoms with van der Waals surface area (Å²) in [5.41, 5.74) is 6.06. The Morgan fingerprint density at radius 1 is 1.71 bits per heavy atom. The van der Waals surface area contributed by atoms with Crippen molar-refractivity contribution in [2.45, 2.75) is 12.5 Å². The van der Waals surface area contributed by atoms with Crippen LogP contribution in [-0.4, -0.2) is 18.9 Å². The van der Waals surface area contributed by atoms with Crippen LogP contribution in [0.15, 0.2) is 20.9 Å². The lowest BCUT2D eigenvalue weighted by Gasteiger charge is -2.09. The molecule has 1 aliphatic heterocycles. The molecule has 3 N–H and O–H groups in total. The van der Waals surface area contributed by atoms with Crippen LogP contribution in [0.3, 0.4) is 0 Å². The first kappa shape index (κ1) is 10.1. The van der Waals surface area contributed by atoms with Crippen molar-refractivity contribution >= 4 is 33.1 Å². The van der Waals surface area contributed by atoms with Crippen LogP contribution >= 0.6 is 27.3 Å². The molecule has 0 fully saturated rings. The molecule has 1 atom stereocenters. The quantitative estimate of drug-likeness (QED) is 0.884. The predicted octanol–water partition coefficient (Wildman–Crippen LogP) is 1.90. The van der Waals surface area contributed by atoms with Gasteiger partial charge >= 0.3 is 0 Å². The van der Waals surface area contributed by atoms with Crippen molar-refractivity contribution in [1.82, 2.24) is 5.32 Å². The molecule has 1 aromatic heterocycles. The Kier molecular flexibility index (Phi) is 3.20. The van der Waals surface area contributed by atoms with E-state index < -0.39 is 0 Å². The Hall–Kier alpha value is -0.390. The van der Waals surface area contributed by atoms with Gasteiger partial charge in [-0.2, -0.15) is 0 Å². The van der Waals surface area contributed by atoms with Crippen molar-refractivity contribution in [3.05, 3.63) is 20.8 Å². The topological polar surface area (TPSA) is 50.4 Å². The van der Waals surface area contributed by atoms with Gasteiger partial charge in [0.2, 0.25) is 0 Å². The van der Waals surface area contributed by atoms with Crippen molar-refractivity contribution in [2.24, 2.45) is 10.7 Å². The van der Waals surface area contributed by atoms with Gasteiger partial charge in [-0.1, -0.05) is 0 Å². The summed E-state index contributed by atoms with van der Waals surface area (Å²) in [7, 11) is 0. The molecule has 14 heavy (non-hydrogen) atoms. The predicted molar refractivity (Wildman–Crippen MR) is 63.9 cm³/mol. The Bertz CT molecular complexity index is 348. The normalized spacial score (nSPS) is 17.7. The van der Waals surface area contributed by atoms with Crippen LogP contribution in [0.1, 0.15) is 17.3 Å². The SMILES string of the molecule is N[C@@H](CC1=NCCN1)c1cc(Br)cs1. The molecule has 1 aliphatic rings. The van der Waals surface area contributed by atoms with Gasteiger partial charge in [0, 0.05) is 33.7 Å². The van der Waals surface area contributed by atoms with Crippen molar-refractivity contribution < 1.29 is 0 Å². The third-order valence-corrected chi connectivity index (χ3v) is 3.94. The smallest absolute Gasteiger partial charge is 0.0983 e. The minimum atomic E-state index is 0.0654. The van der Waals surface area contributed by atoms with Gasteiger partial charge in [-0.05, 0) is 22.0 Å². The molecule has 0 aromatic carbocycles. The van der Waals surface area contributed by atoms with Gasteiger partial charge in [0.15, 0.2) is 0 Å². The molecule has 0 saturated carbocycles. The zero-order chi connectivity index (χ0) is 9.97. The molecular formula is C9H12BrN3S. The molecule has 0 aliphatic carbocycles. The molecule has 0 bridgehead atoms. The fourth-order valence-corrected chi connectivity index (χ4v) is 2.86. The second-order valence-corrected chi connectivity index (χ2v) is 5.09. The van der Waals surface area contributed by atoms with Crippen LogP contribution in [-0.2, 0) is 0 Å². The van der Waals surface area contributed by atoms with Crippen molar-refractivity contribution in [3.63, 3.8) is 0 Å². The highest BCUT2D eigenvalue weighted by Crippen LogP contribution is 2.26. The third kappa shape index (κ3) is 2.34. The van der Waals surface area contributed by atoms with E-state index in [9.17, 15) is 0 Å². The summed E-state index contributed by atoms with van der Waals surface area (Å²) in [6.45, 7) is 1.84. The first-order valence-corrected chi connectivity index (χ1v) is 6.19. The third-order valence-electron chi connectivity index (χ3n) is 2.11. The highest BCUT2D eigenvalue weighted by atomic mass is 79.9. The number of halogens is 1. The number of rotatable bonds is 3. The Balaban J connectivity index is 1.98. The molecular weight excluding hydrogens is 262 g/mol. The van der Waals surface area contributed by atoms with E-state index in [-0.39, 0.29) is 6.04 Å². The molecule has 0 radical (unpaired) electrons. The van der Waals surface area contributed by atoms with Crippen LogP contribution in [0, 0.1) is 0 Å². The van der Waals surface area contributed by atoms with Crippen molar-refractivity contribution in [3.8, 4) is 0 Å². The standard InChI is InChI=1S/C9H12BrN3S/c10-6-3-8(14-5-6)7(11)4-9-12-1-2-13-9/h3,5,7H,1-2,4,11H2,(H,12,13)/t7-/m0/s1. The molecule has 76 valence electrons. The van der Waals surface area contributed by atoms with Gasteiger partial charge in [0.25, 0.3) is 0 Å². The van der Waals surface area contributed by atoms with Gasteiger partial charge in [0.1, 0.15) is 0 Å². The molecule has 0 saturated heterocycles. The lowest BCUT2D eigenvalue weighted by molar-refractivity contribution is 0.765. The summed E-state index contributed by atoms with van der Waals surface area (Å²) in [6, 6.07) is 2.14. The van der Waals surface area contributed by atoms with E-state index in [0.29, 0.717) is 0 Å². The van der Waals surface area contributed by atoms with E-state index in [1.807, 2.05) is 0 Å². The second-order valence-electron chi connectivity index (χ2n) is 3.23. The lowest BCUT2D eigenvalue weighted by atomic mass is 10.2. The molecule has 0 spiro atoms. The van der Waals surface area contributed by atoms with E-state index in [1.165, 1.54) is 4.88 Å². The van der Waals surface area contributed by atoms with Gasteiger partial charge < -0.3 is 11.1 Å². The highest BCUT2D eigenvalue weighted by Gasteiger charge is 2.13. The maximum atomic E-state index is 6.06. The first-order chi connectivity index (χ1) is 6.75. The molecule has 1 aromatic rings. The van der Waals surface area contributed by atoms with Crippen LogP contribution in [0.2, 0.25) is 0 Å². The highest BCUT2D eigenvalue weighted by molar-refractivity contribution is 9.10. The van der Waals surface area contributed by atoms with Gasteiger partial charge in [-0.3, -0.25) is 4.99 Å². The average molecular weight is 274 g/mol. The molecule has 0 unspecified atom stereocenters. The number of thiophene rings is 1. The number of nitrogens with one attached hydrogen (secondary N) is 1. The summed E-state index contributed by atoms with van der Waals surface area (Å²) in [5.74, 6) is 1.04. The van der Waals surface area contributed by atoms with E-state index in [4.69, 9.17) is 5.73 Å². The van der Waals surface area contributed by atoms with Crippen molar-refractivity contribution in [2.75, 3.05) is 13.1 Å². The average Bonchev–Trinajstić information content (AvgIpc) is 2.75. The summed E-state index contributed by atoms with van der Waals surface area (Å²) < 4.78 is 1.11. The fourth-order valence-electron chi connectivity index (χ4n) is 1.42. The van der Waals surface area contributed by atoms with Gasteiger partial charge in [-0.25, -0.2) is 0 Å². The number of nitrogens with zero attached hydrogens (tertiary/aromatic N) is 1. The summed E-state index contributed by atoms with van der Waals surface area (Å²) in [4.78, 5) is 5.53. The van der Waals surface area contributed by atoms with Crippen LogP contribution in [0.4, 0.5) is 0 Å². The van der Waals surface area contributed by atoms with Crippen LogP contribution < -0.4 is 11.1 Å². The molecule has 0 amide bonds. The number of amidine groups is 1. The van der Waals surface area contributed by atoms with E-state index in [2.05, 4.69) is 37.7 Å².